The molecule has 2 atom stereocenters. The minimum Gasteiger partial charge on any atom is -0.379 e. The molecule has 1 fully saturated rings. The van der Waals surface area contributed by atoms with Gasteiger partial charge in [-0.05, 0) is 24.3 Å². The Kier molecular flexibility index (Phi) is 4.71. The fourth-order valence-corrected chi connectivity index (χ4v) is 5.93. The predicted octanol–water partition coefficient (Wildman–Crippen LogP) is 5.87. The zero-order valence-corrected chi connectivity index (χ0v) is 16.0. The van der Waals surface area contributed by atoms with Crippen molar-refractivity contribution in [3.8, 4) is 0 Å². The van der Waals surface area contributed by atoms with Crippen molar-refractivity contribution >= 4 is 61.8 Å². The minimum atomic E-state index is 0.188. The number of nitrogens with two attached hydrogens (primary N) is 1. The fourth-order valence-electron chi connectivity index (χ4n) is 3.31. The molecule has 1 aliphatic rings. The third kappa shape index (κ3) is 3.04. The van der Waals surface area contributed by atoms with Crippen molar-refractivity contribution in [2.45, 2.75) is 37.8 Å². The van der Waals surface area contributed by atoms with E-state index < -0.39 is 0 Å². The van der Waals surface area contributed by atoms with Crippen LogP contribution in [0.5, 0.6) is 0 Å². The lowest BCUT2D eigenvalue weighted by Crippen LogP contribution is -2.22. The first-order chi connectivity index (χ1) is 11.6. The molecule has 0 radical (unpaired) electrons. The van der Waals surface area contributed by atoms with Crippen LogP contribution in [0.2, 0.25) is 10.2 Å². The van der Waals surface area contributed by atoms with Crippen molar-refractivity contribution in [3.63, 3.8) is 0 Å². The summed E-state index contributed by atoms with van der Waals surface area (Å²) >= 11 is 16.3. The van der Waals surface area contributed by atoms with Crippen LogP contribution in [0.4, 0.5) is 5.69 Å². The number of halogens is 2. The number of hydrogen-bond acceptors (Lipinski definition) is 5. The van der Waals surface area contributed by atoms with Gasteiger partial charge in [-0.1, -0.05) is 35.7 Å². The predicted molar refractivity (Wildman–Crippen MR) is 106 cm³/mol. The Labute approximate surface area is 158 Å². The van der Waals surface area contributed by atoms with Gasteiger partial charge >= 0.3 is 0 Å². The molecule has 24 heavy (non-hydrogen) atoms. The third-order valence-electron chi connectivity index (χ3n) is 4.52. The van der Waals surface area contributed by atoms with E-state index in [2.05, 4.69) is 27.8 Å². The standard InChI is InChI=1S/C17H17Cl2N3S2/c18-13-7-12(21-8-9-3-2-6-23-9)17-15(22-13)14(19)16(24-17)10-4-1-5-11(10)20/h2-3,6-7,10-11H,1,4-5,8,20H2,(H,21,22)/t10-,11-/m0/s1. The minimum absolute atomic E-state index is 0.188. The van der Waals surface area contributed by atoms with Gasteiger partial charge in [-0.25, -0.2) is 4.98 Å². The first kappa shape index (κ1) is 16.6. The second-order valence-electron chi connectivity index (χ2n) is 6.08. The van der Waals surface area contributed by atoms with Gasteiger partial charge in [0, 0.05) is 34.3 Å². The first-order valence-electron chi connectivity index (χ1n) is 7.93. The van der Waals surface area contributed by atoms with Gasteiger partial charge in [0.05, 0.1) is 15.4 Å². The van der Waals surface area contributed by atoms with Gasteiger partial charge in [0.15, 0.2) is 0 Å². The van der Waals surface area contributed by atoms with Gasteiger partial charge < -0.3 is 11.1 Å². The summed E-state index contributed by atoms with van der Waals surface area (Å²) in [5, 5.41) is 6.73. The number of fused-ring (bicyclic) bond motifs is 1. The van der Waals surface area contributed by atoms with E-state index >= 15 is 0 Å². The van der Waals surface area contributed by atoms with Crippen molar-refractivity contribution in [1.29, 1.82) is 0 Å². The number of thiophene rings is 2. The molecule has 4 rings (SSSR count). The highest BCUT2D eigenvalue weighted by atomic mass is 35.5. The number of nitrogens with zero attached hydrogens (tertiary/aromatic N) is 1. The molecular weight excluding hydrogens is 381 g/mol. The fraction of sp³-hybridized carbons (Fsp3) is 0.353. The summed E-state index contributed by atoms with van der Waals surface area (Å²) in [7, 11) is 0. The van der Waals surface area contributed by atoms with E-state index in [0.29, 0.717) is 11.1 Å². The topological polar surface area (TPSA) is 50.9 Å². The van der Waals surface area contributed by atoms with Crippen LogP contribution in [-0.4, -0.2) is 11.0 Å². The highest BCUT2D eigenvalue weighted by Gasteiger charge is 2.30. The lowest BCUT2D eigenvalue weighted by Gasteiger charge is -2.13. The molecule has 1 saturated carbocycles. The van der Waals surface area contributed by atoms with Gasteiger partial charge in [-0.2, -0.15) is 0 Å². The van der Waals surface area contributed by atoms with Crippen LogP contribution < -0.4 is 11.1 Å². The Morgan fingerprint density at radius 2 is 2.21 bits per heavy atom. The molecule has 3 aromatic rings. The molecule has 0 spiro atoms. The molecule has 0 aromatic carbocycles. The summed E-state index contributed by atoms with van der Waals surface area (Å²) in [4.78, 5) is 6.90. The summed E-state index contributed by atoms with van der Waals surface area (Å²) in [5.74, 6) is 0.334. The van der Waals surface area contributed by atoms with Gasteiger partial charge in [0.1, 0.15) is 10.7 Å². The average Bonchev–Trinajstić information content (AvgIpc) is 3.27. The summed E-state index contributed by atoms with van der Waals surface area (Å²) in [6.45, 7) is 0.765. The molecule has 1 aliphatic carbocycles. The molecule has 126 valence electrons. The second-order valence-corrected chi connectivity index (χ2v) is 8.93. The largest absolute Gasteiger partial charge is 0.379 e. The Balaban J connectivity index is 1.73. The van der Waals surface area contributed by atoms with E-state index in [1.807, 2.05) is 6.07 Å². The van der Waals surface area contributed by atoms with E-state index in [0.717, 1.165) is 51.6 Å². The summed E-state index contributed by atoms with van der Waals surface area (Å²) in [6.07, 6.45) is 3.32. The number of anilines is 1. The van der Waals surface area contributed by atoms with E-state index in [9.17, 15) is 0 Å². The molecule has 0 bridgehead atoms. The SMILES string of the molecule is N[C@H]1CCC[C@@H]1c1sc2c(NCc3cccs3)cc(Cl)nc2c1Cl. The first-order valence-corrected chi connectivity index (χ1v) is 10.4. The van der Waals surface area contributed by atoms with E-state index in [1.165, 1.54) is 4.88 Å². The van der Waals surface area contributed by atoms with Crippen molar-refractivity contribution in [3.05, 3.63) is 43.5 Å². The van der Waals surface area contributed by atoms with Crippen LogP contribution in [0, 0.1) is 0 Å². The maximum absolute atomic E-state index is 6.65. The highest BCUT2D eigenvalue weighted by Crippen LogP contribution is 2.47. The van der Waals surface area contributed by atoms with Gasteiger partial charge in [0.2, 0.25) is 0 Å². The Morgan fingerprint density at radius 3 is 2.92 bits per heavy atom. The number of rotatable bonds is 4. The molecule has 0 aliphatic heterocycles. The summed E-state index contributed by atoms with van der Waals surface area (Å²) in [5.41, 5.74) is 8.06. The Bertz CT molecular complexity index is 860. The number of nitrogens with one attached hydrogen (secondary N) is 1. The highest BCUT2D eigenvalue weighted by molar-refractivity contribution is 7.20. The van der Waals surface area contributed by atoms with Crippen molar-refractivity contribution in [2.75, 3.05) is 5.32 Å². The van der Waals surface area contributed by atoms with E-state index in [1.54, 1.807) is 22.7 Å². The smallest absolute Gasteiger partial charge is 0.131 e. The summed E-state index contributed by atoms with van der Waals surface area (Å²) < 4.78 is 1.06. The van der Waals surface area contributed by atoms with Crippen molar-refractivity contribution < 1.29 is 0 Å². The zero-order valence-electron chi connectivity index (χ0n) is 12.9. The quantitative estimate of drug-likeness (QED) is 0.540. The Morgan fingerprint density at radius 1 is 1.33 bits per heavy atom. The monoisotopic (exact) mass is 397 g/mol. The average molecular weight is 398 g/mol. The van der Waals surface area contributed by atoms with Crippen molar-refractivity contribution in [1.82, 2.24) is 4.98 Å². The van der Waals surface area contributed by atoms with E-state index in [4.69, 9.17) is 28.9 Å². The Hall–Kier alpha value is -0.850. The van der Waals surface area contributed by atoms with Crippen LogP contribution in [0.1, 0.15) is 34.9 Å². The van der Waals surface area contributed by atoms with Gasteiger partial charge in [-0.3, -0.25) is 0 Å². The molecule has 3 nitrogen and oxygen atoms in total. The van der Waals surface area contributed by atoms with Crippen LogP contribution >= 0.6 is 45.9 Å². The lowest BCUT2D eigenvalue weighted by atomic mass is 10.0. The normalized spacial score (nSPS) is 20.8. The van der Waals surface area contributed by atoms with E-state index in [-0.39, 0.29) is 6.04 Å². The molecule has 0 saturated heterocycles. The molecule has 3 aromatic heterocycles. The number of aromatic nitrogens is 1. The van der Waals surface area contributed by atoms with Crippen LogP contribution in [0.3, 0.4) is 0 Å². The molecule has 0 unspecified atom stereocenters. The molecule has 7 heteroatoms. The number of hydrogen-bond donors (Lipinski definition) is 2. The van der Waals surface area contributed by atoms with Crippen LogP contribution in [-0.2, 0) is 6.54 Å². The molecular formula is C17H17Cl2N3S2. The maximum Gasteiger partial charge on any atom is 0.131 e. The maximum atomic E-state index is 6.65. The molecule has 3 heterocycles. The van der Waals surface area contributed by atoms with Gasteiger partial charge in [0.25, 0.3) is 0 Å². The van der Waals surface area contributed by atoms with Crippen LogP contribution in [0.25, 0.3) is 10.2 Å². The third-order valence-corrected chi connectivity index (χ3v) is 7.43. The zero-order chi connectivity index (χ0) is 16.7. The van der Waals surface area contributed by atoms with Crippen molar-refractivity contribution in [2.24, 2.45) is 5.73 Å². The summed E-state index contributed by atoms with van der Waals surface area (Å²) in [6, 6.07) is 6.23. The second kappa shape index (κ2) is 6.81. The van der Waals surface area contributed by atoms with Crippen LogP contribution in [0.15, 0.2) is 23.6 Å². The molecule has 0 amide bonds. The van der Waals surface area contributed by atoms with Gasteiger partial charge in [-0.15, -0.1) is 22.7 Å². The lowest BCUT2D eigenvalue weighted by molar-refractivity contribution is 0.622. The number of pyridine rings is 1. The molecule has 3 N–H and O–H groups in total.